The number of amides is 1. The average molecular weight is 282 g/mol. The van der Waals surface area contributed by atoms with Crippen molar-refractivity contribution in [2.45, 2.75) is 11.3 Å². The van der Waals surface area contributed by atoms with Crippen molar-refractivity contribution in [3.05, 3.63) is 16.4 Å². The van der Waals surface area contributed by atoms with E-state index in [2.05, 4.69) is 9.97 Å². The monoisotopic (exact) mass is 282 g/mol. The number of H-pyrrole nitrogens is 1. The number of hydrogen-bond donors (Lipinski definition) is 3. The van der Waals surface area contributed by atoms with E-state index < -0.39 is 24.2 Å². The molecule has 18 heavy (non-hydrogen) atoms. The zero-order chi connectivity index (χ0) is 13.8. The smallest absolute Gasteiger partial charge is 0.383 e. The molecule has 1 aromatic rings. The van der Waals surface area contributed by atoms with Gasteiger partial charge in [-0.3, -0.25) is 9.59 Å². The molecule has 1 aromatic heterocycles. The van der Waals surface area contributed by atoms with Gasteiger partial charge in [0, 0.05) is 6.07 Å². The van der Waals surface area contributed by atoms with E-state index in [0.717, 1.165) is 17.8 Å². The van der Waals surface area contributed by atoms with Crippen LogP contribution in [0.4, 0.5) is 19.0 Å². The van der Waals surface area contributed by atoms with Crippen molar-refractivity contribution in [1.29, 1.82) is 0 Å². The molecule has 0 saturated heterocycles. The topological polar surface area (TPSA) is 101 Å². The van der Waals surface area contributed by atoms with E-state index >= 15 is 0 Å². The van der Waals surface area contributed by atoms with E-state index in [1.807, 2.05) is 0 Å². The second kappa shape index (κ2) is 5.76. The Labute approximate surface area is 103 Å². The van der Waals surface area contributed by atoms with E-state index in [1.54, 1.807) is 5.32 Å². The zero-order valence-corrected chi connectivity index (χ0v) is 9.69. The molecule has 6 nitrogen and oxygen atoms in total. The van der Waals surface area contributed by atoms with Crippen LogP contribution >= 0.6 is 11.8 Å². The minimum Gasteiger partial charge on any atom is -0.383 e. The zero-order valence-electron chi connectivity index (χ0n) is 8.87. The summed E-state index contributed by atoms with van der Waals surface area (Å²) >= 11 is 0.781. The Morgan fingerprint density at radius 2 is 2.22 bits per heavy atom. The van der Waals surface area contributed by atoms with Crippen molar-refractivity contribution in [3.63, 3.8) is 0 Å². The number of carbonyl (C=O) groups is 1. The molecular formula is C8H9F3N4O2S. The summed E-state index contributed by atoms with van der Waals surface area (Å²) in [4.78, 5) is 28.0. The van der Waals surface area contributed by atoms with Gasteiger partial charge >= 0.3 is 6.18 Å². The summed E-state index contributed by atoms with van der Waals surface area (Å²) in [5.41, 5.74) is 4.79. The first-order valence-electron chi connectivity index (χ1n) is 4.59. The van der Waals surface area contributed by atoms with Gasteiger partial charge in [-0.15, -0.1) is 0 Å². The first-order valence-corrected chi connectivity index (χ1v) is 5.58. The van der Waals surface area contributed by atoms with E-state index in [4.69, 9.17) is 5.73 Å². The molecule has 0 aliphatic rings. The molecule has 100 valence electrons. The van der Waals surface area contributed by atoms with E-state index in [0.29, 0.717) is 0 Å². The second-order valence-corrected chi connectivity index (χ2v) is 4.12. The molecule has 0 saturated carbocycles. The summed E-state index contributed by atoms with van der Waals surface area (Å²) < 4.78 is 35.4. The number of rotatable bonds is 4. The number of hydrogen-bond acceptors (Lipinski definition) is 5. The van der Waals surface area contributed by atoms with Gasteiger partial charge in [-0.2, -0.15) is 13.2 Å². The number of aromatic nitrogens is 2. The molecule has 4 N–H and O–H groups in total. The molecule has 1 heterocycles. The summed E-state index contributed by atoms with van der Waals surface area (Å²) in [6.45, 7) is -1.40. The second-order valence-electron chi connectivity index (χ2n) is 3.16. The van der Waals surface area contributed by atoms with Crippen LogP contribution in [0.5, 0.6) is 0 Å². The van der Waals surface area contributed by atoms with Crippen LogP contribution in [0.2, 0.25) is 0 Å². The van der Waals surface area contributed by atoms with Gasteiger partial charge in [0.15, 0.2) is 5.16 Å². The summed E-state index contributed by atoms with van der Waals surface area (Å²) in [5.74, 6) is -1.15. The Morgan fingerprint density at radius 1 is 1.56 bits per heavy atom. The lowest BCUT2D eigenvalue weighted by atomic mass is 10.6. The first kappa shape index (κ1) is 14.4. The third-order valence-corrected chi connectivity index (χ3v) is 2.44. The van der Waals surface area contributed by atoms with Gasteiger partial charge in [0.1, 0.15) is 12.4 Å². The van der Waals surface area contributed by atoms with Gasteiger partial charge in [0.05, 0.1) is 5.75 Å². The van der Waals surface area contributed by atoms with E-state index in [1.165, 1.54) is 0 Å². The third-order valence-electron chi connectivity index (χ3n) is 1.57. The van der Waals surface area contributed by atoms with Gasteiger partial charge in [0.25, 0.3) is 5.56 Å². The minimum absolute atomic E-state index is 0.0306. The fourth-order valence-electron chi connectivity index (χ4n) is 0.905. The fourth-order valence-corrected chi connectivity index (χ4v) is 1.62. The average Bonchev–Trinajstić information content (AvgIpc) is 2.21. The van der Waals surface area contributed by atoms with Crippen molar-refractivity contribution < 1.29 is 18.0 Å². The highest BCUT2D eigenvalue weighted by molar-refractivity contribution is 7.99. The van der Waals surface area contributed by atoms with Crippen LogP contribution in [-0.4, -0.2) is 34.3 Å². The lowest BCUT2D eigenvalue weighted by molar-refractivity contribution is -0.136. The van der Waals surface area contributed by atoms with Crippen molar-refractivity contribution in [3.8, 4) is 0 Å². The number of nitrogen functional groups attached to an aromatic ring is 1. The Kier molecular flexibility index (Phi) is 4.59. The number of thioether (sulfide) groups is 1. The lowest BCUT2D eigenvalue weighted by Crippen LogP contribution is -2.34. The molecule has 0 atom stereocenters. The molecule has 0 aliphatic carbocycles. The first-order chi connectivity index (χ1) is 8.26. The molecule has 0 aromatic carbocycles. The maximum absolute atomic E-state index is 11.8. The minimum atomic E-state index is -4.45. The number of nitrogens with two attached hydrogens (primary N) is 1. The molecular weight excluding hydrogens is 273 g/mol. The number of halogens is 3. The number of nitrogens with one attached hydrogen (secondary N) is 2. The quantitative estimate of drug-likeness (QED) is 0.538. The van der Waals surface area contributed by atoms with Gasteiger partial charge in [-0.25, -0.2) is 4.98 Å². The summed E-state index contributed by atoms with van der Waals surface area (Å²) in [6.07, 6.45) is -4.45. The fraction of sp³-hybridized carbons (Fsp3) is 0.375. The number of carbonyl (C=O) groups excluding carboxylic acids is 1. The number of alkyl halides is 3. The molecule has 0 bridgehead atoms. The van der Waals surface area contributed by atoms with Crippen LogP contribution in [0.15, 0.2) is 16.0 Å². The molecule has 1 rings (SSSR count). The standard InChI is InChI=1S/C8H9F3N4O2S/c9-8(10,11)3-13-6(17)2-18-7-14-4(12)1-5(16)15-7/h1H,2-3H2,(H,13,17)(H3,12,14,15,16). The van der Waals surface area contributed by atoms with E-state index in [9.17, 15) is 22.8 Å². The number of nitrogens with zero attached hydrogens (tertiary/aromatic N) is 1. The molecule has 0 unspecified atom stereocenters. The van der Waals surface area contributed by atoms with Crippen molar-refractivity contribution in [2.24, 2.45) is 0 Å². The molecule has 0 radical (unpaired) electrons. The molecule has 0 spiro atoms. The van der Waals surface area contributed by atoms with Crippen LogP contribution in [0, 0.1) is 0 Å². The van der Waals surface area contributed by atoms with Crippen molar-refractivity contribution >= 4 is 23.5 Å². The highest BCUT2D eigenvalue weighted by Crippen LogP contribution is 2.13. The Hall–Kier alpha value is -1.71. The lowest BCUT2D eigenvalue weighted by Gasteiger charge is -2.07. The molecule has 0 aliphatic heterocycles. The normalized spacial score (nSPS) is 11.3. The maximum Gasteiger partial charge on any atom is 0.405 e. The highest BCUT2D eigenvalue weighted by atomic mass is 32.2. The number of aromatic amines is 1. The van der Waals surface area contributed by atoms with E-state index in [-0.39, 0.29) is 16.7 Å². The summed E-state index contributed by atoms with van der Waals surface area (Å²) in [5, 5.41) is 1.76. The third kappa shape index (κ3) is 5.57. The van der Waals surface area contributed by atoms with Gasteiger partial charge in [-0.05, 0) is 0 Å². The van der Waals surface area contributed by atoms with Gasteiger partial charge < -0.3 is 16.0 Å². The maximum atomic E-state index is 11.8. The van der Waals surface area contributed by atoms with Crippen LogP contribution in [-0.2, 0) is 4.79 Å². The Bertz CT molecular complexity index is 488. The van der Waals surface area contributed by atoms with Crippen molar-refractivity contribution in [1.82, 2.24) is 15.3 Å². The van der Waals surface area contributed by atoms with Crippen LogP contribution in [0.3, 0.4) is 0 Å². The summed E-state index contributed by atoms with van der Waals surface area (Å²) in [7, 11) is 0. The summed E-state index contributed by atoms with van der Waals surface area (Å²) in [6, 6.07) is 1.05. The van der Waals surface area contributed by atoms with Crippen LogP contribution in [0.25, 0.3) is 0 Å². The Balaban J connectivity index is 2.45. The SMILES string of the molecule is Nc1cc(=O)[nH]c(SCC(=O)NCC(F)(F)F)n1. The number of anilines is 1. The molecule has 0 fully saturated rings. The Morgan fingerprint density at radius 3 is 2.78 bits per heavy atom. The van der Waals surface area contributed by atoms with Gasteiger partial charge in [-0.1, -0.05) is 11.8 Å². The predicted octanol–water partition coefficient (Wildman–Crippen LogP) is 0.123. The highest BCUT2D eigenvalue weighted by Gasteiger charge is 2.27. The van der Waals surface area contributed by atoms with Crippen molar-refractivity contribution in [2.75, 3.05) is 18.0 Å². The molecule has 1 amide bonds. The molecule has 10 heteroatoms. The van der Waals surface area contributed by atoms with Crippen LogP contribution < -0.4 is 16.6 Å². The van der Waals surface area contributed by atoms with Gasteiger partial charge in [0.2, 0.25) is 5.91 Å². The predicted molar refractivity (Wildman–Crippen MR) is 59.1 cm³/mol. The largest absolute Gasteiger partial charge is 0.405 e. The van der Waals surface area contributed by atoms with Crippen LogP contribution in [0.1, 0.15) is 0 Å².